The number of hydrogen-bond donors (Lipinski definition) is 1. The molecule has 1 aromatic carbocycles. The fraction of sp³-hybridized carbons (Fsp3) is 0.579. The second-order valence-electron chi connectivity index (χ2n) is 6.71. The number of hydrogen-bond acceptors (Lipinski definition) is 6. The lowest BCUT2D eigenvalue weighted by Gasteiger charge is -2.49. The van der Waals surface area contributed by atoms with Crippen molar-refractivity contribution in [2.45, 2.75) is 56.9 Å². The Morgan fingerprint density at radius 3 is 2.76 bits per heavy atom. The third-order valence-corrected chi connectivity index (χ3v) is 4.29. The van der Waals surface area contributed by atoms with Crippen LogP contribution in [-0.4, -0.2) is 54.8 Å². The van der Waals surface area contributed by atoms with Gasteiger partial charge in [-0.3, -0.25) is 0 Å². The molecule has 0 spiro atoms. The first kappa shape index (κ1) is 18.5. The van der Waals surface area contributed by atoms with Crippen LogP contribution < -0.4 is 0 Å². The van der Waals surface area contributed by atoms with Crippen molar-refractivity contribution in [2.75, 3.05) is 13.2 Å². The molecule has 0 aromatic heterocycles. The number of benzene rings is 1. The lowest BCUT2D eigenvalue weighted by molar-refractivity contribution is -0.386. The second kappa shape index (κ2) is 7.95. The van der Waals surface area contributed by atoms with Gasteiger partial charge in [0, 0.05) is 0 Å². The average Bonchev–Trinajstić information content (AvgIpc) is 2.60. The molecule has 138 valence electrons. The summed E-state index contributed by atoms with van der Waals surface area (Å²) < 4.78 is 29.1. The molecule has 2 aliphatic rings. The van der Waals surface area contributed by atoms with Gasteiger partial charge in [-0.25, -0.2) is 0 Å². The Morgan fingerprint density at radius 1 is 1.28 bits per heavy atom. The molecule has 6 heteroatoms. The van der Waals surface area contributed by atoms with Crippen molar-refractivity contribution in [2.24, 2.45) is 0 Å². The van der Waals surface area contributed by atoms with Crippen LogP contribution in [0.15, 0.2) is 43.0 Å². The van der Waals surface area contributed by atoms with Crippen molar-refractivity contribution in [3.05, 3.63) is 48.6 Å². The number of fused-ring (bicyclic) bond motifs is 1. The monoisotopic (exact) mass is 350 g/mol. The van der Waals surface area contributed by atoms with Gasteiger partial charge >= 0.3 is 0 Å². The lowest BCUT2D eigenvalue weighted by atomic mass is 9.97. The molecule has 0 amide bonds. The fourth-order valence-electron chi connectivity index (χ4n) is 3.07. The maximum absolute atomic E-state index is 10.7. The Hall–Kier alpha value is -1.28. The zero-order chi connectivity index (χ0) is 17.9. The largest absolute Gasteiger partial charge is 0.385 e. The molecule has 0 bridgehead atoms. The molecule has 0 unspecified atom stereocenters. The Kier molecular flexibility index (Phi) is 5.89. The third-order valence-electron chi connectivity index (χ3n) is 4.29. The van der Waals surface area contributed by atoms with E-state index in [0.29, 0.717) is 13.2 Å². The molecule has 5 atom stereocenters. The van der Waals surface area contributed by atoms with Crippen molar-refractivity contribution in [3.63, 3.8) is 0 Å². The molecule has 2 aliphatic heterocycles. The molecule has 2 heterocycles. The van der Waals surface area contributed by atoms with Crippen LogP contribution in [0.4, 0.5) is 0 Å². The van der Waals surface area contributed by atoms with Crippen molar-refractivity contribution < 1.29 is 28.8 Å². The van der Waals surface area contributed by atoms with Crippen LogP contribution in [0, 0.1) is 0 Å². The third kappa shape index (κ3) is 4.47. The minimum atomic E-state index is -0.973. The minimum absolute atomic E-state index is 0.276. The number of aliphatic hydroxyl groups is 1. The molecule has 1 aromatic rings. The molecular formula is C19H26O6. The highest BCUT2D eigenvalue weighted by molar-refractivity contribution is 5.13. The van der Waals surface area contributed by atoms with Gasteiger partial charge in [0.2, 0.25) is 0 Å². The first-order chi connectivity index (χ1) is 12.0. The molecule has 1 N–H and O–H groups in total. The van der Waals surface area contributed by atoms with E-state index in [1.165, 1.54) is 0 Å². The van der Waals surface area contributed by atoms with E-state index in [9.17, 15) is 5.11 Å². The number of ether oxygens (including phenoxy) is 5. The molecule has 6 nitrogen and oxygen atoms in total. The average molecular weight is 350 g/mol. The van der Waals surface area contributed by atoms with Crippen LogP contribution in [-0.2, 0) is 30.3 Å². The standard InChI is InChI=1S/C19H26O6/c1-4-10-21-18-15(20)17(22-11-13-8-6-5-7-9-13)16-14(24-18)12-23-19(2,3)25-16/h4-9,14-18,20H,1,10-12H2,2-3H3/t14-,15+,16-,17-,18+/m1/s1. The van der Waals surface area contributed by atoms with E-state index in [-0.39, 0.29) is 12.7 Å². The van der Waals surface area contributed by atoms with Crippen LogP contribution in [0.5, 0.6) is 0 Å². The molecule has 0 saturated carbocycles. The van der Waals surface area contributed by atoms with Gasteiger partial charge in [0.05, 0.1) is 19.8 Å². The molecular weight excluding hydrogens is 324 g/mol. The summed E-state index contributed by atoms with van der Waals surface area (Å²) in [6.45, 7) is 8.29. The number of rotatable bonds is 6. The van der Waals surface area contributed by atoms with Crippen LogP contribution in [0.1, 0.15) is 19.4 Å². The zero-order valence-corrected chi connectivity index (χ0v) is 14.7. The van der Waals surface area contributed by atoms with Crippen LogP contribution in [0.25, 0.3) is 0 Å². The van der Waals surface area contributed by atoms with Crippen LogP contribution in [0.3, 0.4) is 0 Å². The zero-order valence-electron chi connectivity index (χ0n) is 14.7. The van der Waals surface area contributed by atoms with Crippen molar-refractivity contribution >= 4 is 0 Å². The molecule has 0 aliphatic carbocycles. The van der Waals surface area contributed by atoms with E-state index in [2.05, 4.69) is 6.58 Å². The van der Waals surface area contributed by atoms with E-state index >= 15 is 0 Å². The SMILES string of the molecule is C=CCO[C@H]1O[C@@H]2COC(C)(C)O[C@H]2[C@H](OCc2ccccc2)[C@@H]1O. The van der Waals surface area contributed by atoms with E-state index < -0.39 is 30.4 Å². The van der Waals surface area contributed by atoms with Gasteiger partial charge in [-0.15, -0.1) is 6.58 Å². The topological polar surface area (TPSA) is 66.4 Å². The van der Waals surface area contributed by atoms with Crippen LogP contribution in [0.2, 0.25) is 0 Å². The first-order valence-corrected chi connectivity index (χ1v) is 8.53. The van der Waals surface area contributed by atoms with Gasteiger partial charge in [0.15, 0.2) is 12.1 Å². The Balaban J connectivity index is 1.74. The summed E-state index contributed by atoms with van der Waals surface area (Å²) >= 11 is 0. The predicted octanol–water partition coefficient (Wildman–Crippen LogP) is 2.01. The van der Waals surface area contributed by atoms with Crippen molar-refractivity contribution in [1.29, 1.82) is 0 Å². The highest BCUT2D eigenvalue weighted by Gasteiger charge is 2.51. The summed E-state index contributed by atoms with van der Waals surface area (Å²) in [6, 6.07) is 9.80. The Morgan fingerprint density at radius 2 is 2.04 bits per heavy atom. The van der Waals surface area contributed by atoms with Gasteiger partial charge in [0.1, 0.15) is 24.4 Å². The van der Waals surface area contributed by atoms with Gasteiger partial charge in [-0.2, -0.15) is 0 Å². The normalized spacial score (nSPS) is 34.3. The summed E-state index contributed by atoms with van der Waals surface area (Å²) in [6.07, 6.45) is -1.57. The highest BCUT2D eigenvalue weighted by Crippen LogP contribution is 2.34. The first-order valence-electron chi connectivity index (χ1n) is 8.53. The summed E-state index contributed by atoms with van der Waals surface area (Å²) in [5, 5.41) is 10.7. The maximum Gasteiger partial charge on any atom is 0.187 e. The van der Waals surface area contributed by atoms with Crippen molar-refractivity contribution in [3.8, 4) is 0 Å². The maximum atomic E-state index is 10.7. The van der Waals surface area contributed by atoms with E-state index in [0.717, 1.165) is 5.56 Å². The van der Waals surface area contributed by atoms with Crippen molar-refractivity contribution in [1.82, 2.24) is 0 Å². The van der Waals surface area contributed by atoms with E-state index in [1.54, 1.807) is 6.08 Å². The molecule has 25 heavy (non-hydrogen) atoms. The minimum Gasteiger partial charge on any atom is -0.385 e. The van der Waals surface area contributed by atoms with Gasteiger partial charge in [-0.05, 0) is 19.4 Å². The molecule has 2 fully saturated rings. The highest BCUT2D eigenvalue weighted by atomic mass is 16.8. The van der Waals surface area contributed by atoms with Crippen LogP contribution >= 0.6 is 0 Å². The van der Waals surface area contributed by atoms with Gasteiger partial charge in [0.25, 0.3) is 0 Å². The fourth-order valence-corrected chi connectivity index (χ4v) is 3.07. The summed E-state index contributed by atoms with van der Waals surface area (Å²) in [7, 11) is 0. The van der Waals surface area contributed by atoms with E-state index in [1.807, 2.05) is 44.2 Å². The quantitative estimate of drug-likeness (QED) is 0.792. The Bertz CT molecular complexity index is 560. The molecule has 0 radical (unpaired) electrons. The smallest absolute Gasteiger partial charge is 0.187 e. The predicted molar refractivity (Wildman–Crippen MR) is 90.7 cm³/mol. The number of aliphatic hydroxyl groups excluding tert-OH is 1. The van der Waals surface area contributed by atoms with E-state index in [4.69, 9.17) is 23.7 Å². The molecule has 2 saturated heterocycles. The Labute approximate surface area is 148 Å². The summed E-state index contributed by atoms with van der Waals surface area (Å²) in [4.78, 5) is 0. The lowest BCUT2D eigenvalue weighted by Crippen LogP contribution is -2.65. The second-order valence-corrected chi connectivity index (χ2v) is 6.71. The summed E-state index contributed by atoms with van der Waals surface area (Å²) in [5.74, 6) is -0.757. The summed E-state index contributed by atoms with van der Waals surface area (Å²) in [5.41, 5.74) is 1.02. The van der Waals surface area contributed by atoms with Gasteiger partial charge < -0.3 is 28.8 Å². The van der Waals surface area contributed by atoms with Gasteiger partial charge in [-0.1, -0.05) is 36.4 Å². The molecule has 3 rings (SSSR count).